The fraction of sp³-hybridized carbons (Fsp3) is 0.190. The van der Waals surface area contributed by atoms with E-state index in [1.54, 1.807) is 37.4 Å². The van der Waals surface area contributed by atoms with Crippen LogP contribution in [0, 0.1) is 5.82 Å². The van der Waals surface area contributed by atoms with Crippen molar-refractivity contribution in [3.63, 3.8) is 0 Å². The maximum atomic E-state index is 14.3. The number of nitrogens with zero attached hydrogens (tertiary/aromatic N) is 2. The molecule has 0 fully saturated rings. The van der Waals surface area contributed by atoms with Gasteiger partial charge in [-0.05, 0) is 36.4 Å². The number of hydrogen-bond donors (Lipinski definition) is 4. The molecule has 2 aromatic carbocycles. The van der Waals surface area contributed by atoms with Gasteiger partial charge < -0.3 is 31.2 Å². The molecule has 31 heavy (non-hydrogen) atoms. The van der Waals surface area contributed by atoms with E-state index in [-0.39, 0.29) is 17.8 Å². The fourth-order valence-electron chi connectivity index (χ4n) is 3.24. The molecule has 0 radical (unpaired) electrons. The van der Waals surface area contributed by atoms with E-state index in [4.69, 9.17) is 15.2 Å². The molecule has 0 spiro atoms. The quantitative estimate of drug-likeness (QED) is 0.422. The van der Waals surface area contributed by atoms with Crippen LogP contribution in [-0.2, 0) is 4.79 Å². The first-order valence-electron chi connectivity index (χ1n) is 9.58. The Balaban J connectivity index is 1.55. The number of anilines is 5. The lowest BCUT2D eigenvalue weighted by molar-refractivity contribution is -0.120. The number of fused-ring (bicyclic) bond motifs is 1. The van der Waals surface area contributed by atoms with E-state index in [9.17, 15) is 9.18 Å². The smallest absolute Gasteiger partial charge is 0.298 e. The van der Waals surface area contributed by atoms with E-state index >= 15 is 0 Å². The lowest BCUT2D eigenvalue weighted by Gasteiger charge is -2.23. The van der Waals surface area contributed by atoms with Gasteiger partial charge in [0.1, 0.15) is 5.75 Å². The summed E-state index contributed by atoms with van der Waals surface area (Å²) in [5, 5.41) is 8.91. The summed E-state index contributed by atoms with van der Waals surface area (Å²) in [7, 11) is 1.70. The summed E-state index contributed by atoms with van der Waals surface area (Å²) in [4.78, 5) is 18.8. The monoisotopic (exact) mass is 424 g/mol. The van der Waals surface area contributed by atoms with Crippen LogP contribution in [0.3, 0.4) is 0 Å². The SMILES string of the molecule is CNc1cc(Nc2ncc(F)c(Nc3ccc4c(c3)C(N)CCO4)n2)ccc1OC=O. The molecule has 1 atom stereocenters. The Bertz CT molecular complexity index is 1110. The molecule has 5 N–H and O–H groups in total. The van der Waals surface area contributed by atoms with Crippen LogP contribution in [0.1, 0.15) is 18.0 Å². The highest BCUT2D eigenvalue weighted by Gasteiger charge is 2.19. The first-order valence-corrected chi connectivity index (χ1v) is 9.58. The molecular weight excluding hydrogens is 403 g/mol. The van der Waals surface area contributed by atoms with Gasteiger partial charge in [-0.25, -0.2) is 9.37 Å². The Morgan fingerprint density at radius 2 is 2.03 bits per heavy atom. The normalized spacial score (nSPS) is 14.7. The van der Waals surface area contributed by atoms with E-state index in [2.05, 4.69) is 25.9 Å². The average molecular weight is 424 g/mol. The highest BCUT2D eigenvalue weighted by Crippen LogP contribution is 2.34. The van der Waals surface area contributed by atoms with Gasteiger partial charge in [-0.1, -0.05) is 0 Å². The number of nitrogens with two attached hydrogens (primary N) is 1. The largest absolute Gasteiger partial charge is 0.493 e. The van der Waals surface area contributed by atoms with Crippen LogP contribution >= 0.6 is 0 Å². The van der Waals surface area contributed by atoms with E-state index in [0.29, 0.717) is 35.9 Å². The van der Waals surface area contributed by atoms with Crippen LogP contribution in [0.2, 0.25) is 0 Å². The summed E-state index contributed by atoms with van der Waals surface area (Å²) in [5.41, 5.74) is 8.86. The molecule has 2 heterocycles. The molecule has 0 bridgehead atoms. The predicted octanol–water partition coefficient (Wildman–Crippen LogP) is 3.46. The number of ether oxygens (including phenoxy) is 2. The second-order valence-corrected chi connectivity index (χ2v) is 6.81. The number of carbonyl (C=O) groups excluding carboxylic acids is 1. The molecule has 0 saturated heterocycles. The zero-order valence-corrected chi connectivity index (χ0v) is 16.7. The molecule has 10 heteroatoms. The lowest BCUT2D eigenvalue weighted by atomic mass is 10.0. The molecule has 4 rings (SSSR count). The molecule has 1 aliphatic heterocycles. The summed E-state index contributed by atoms with van der Waals surface area (Å²) in [5.74, 6) is 0.706. The van der Waals surface area contributed by atoms with Gasteiger partial charge in [0.15, 0.2) is 17.4 Å². The van der Waals surface area contributed by atoms with Crippen molar-refractivity contribution in [2.45, 2.75) is 12.5 Å². The number of benzene rings is 2. The topological polar surface area (TPSA) is 123 Å². The summed E-state index contributed by atoms with van der Waals surface area (Å²) < 4.78 is 24.8. The third-order valence-corrected chi connectivity index (χ3v) is 4.78. The van der Waals surface area contributed by atoms with Crippen molar-refractivity contribution in [3.05, 3.63) is 54.0 Å². The Labute approximate surface area is 177 Å². The zero-order valence-electron chi connectivity index (χ0n) is 16.7. The van der Waals surface area contributed by atoms with Crippen molar-refractivity contribution in [2.24, 2.45) is 5.73 Å². The molecular formula is C21H21FN6O3. The molecule has 3 aromatic rings. The number of nitrogens with one attached hydrogen (secondary N) is 3. The van der Waals surface area contributed by atoms with Crippen molar-refractivity contribution in [1.82, 2.24) is 9.97 Å². The molecule has 1 unspecified atom stereocenters. The molecule has 1 aromatic heterocycles. The highest BCUT2D eigenvalue weighted by molar-refractivity contribution is 5.69. The second-order valence-electron chi connectivity index (χ2n) is 6.81. The van der Waals surface area contributed by atoms with E-state index in [1.807, 2.05) is 6.07 Å². The van der Waals surface area contributed by atoms with Gasteiger partial charge in [-0.15, -0.1) is 0 Å². The van der Waals surface area contributed by atoms with Gasteiger partial charge in [0.25, 0.3) is 6.47 Å². The van der Waals surface area contributed by atoms with Gasteiger partial charge in [0, 0.05) is 36.4 Å². The number of rotatable bonds is 7. The molecule has 1 aliphatic rings. The molecule has 9 nitrogen and oxygen atoms in total. The molecule has 0 saturated carbocycles. The first-order chi connectivity index (χ1) is 15.1. The van der Waals surface area contributed by atoms with Crippen molar-refractivity contribution >= 4 is 35.3 Å². The van der Waals surface area contributed by atoms with Crippen LogP contribution in [-0.4, -0.2) is 30.1 Å². The highest BCUT2D eigenvalue weighted by atomic mass is 19.1. The van der Waals surface area contributed by atoms with Crippen molar-refractivity contribution < 1.29 is 18.7 Å². The molecule has 0 aliphatic carbocycles. The average Bonchev–Trinajstić information content (AvgIpc) is 2.78. The van der Waals surface area contributed by atoms with E-state index < -0.39 is 5.82 Å². The van der Waals surface area contributed by atoms with Crippen LogP contribution in [0.15, 0.2) is 42.6 Å². The van der Waals surface area contributed by atoms with Gasteiger partial charge in [0.2, 0.25) is 5.95 Å². The molecule has 0 amide bonds. The minimum absolute atomic E-state index is 0.0116. The van der Waals surface area contributed by atoms with E-state index in [1.165, 1.54) is 0 Å². The number of hydrogen-bond acceptors (Lipinski definition) is 9. The summed E-state index contributed by atoms with van der Waals surface area (Å²) in [6, 6.07) is 10.3. The second kappa shape index (κ2) is 8.84. The minimum atomic E-state index is -0.602. The van der Waals surface area contributed by atoms with Gasteiger partial charge in [0.05, 0.1) is 18.5 Å². The Morgan fingerprint density at radius 1 is 1.23 bits per heavy atom. The molecule has 160 valence electrons. The Hall–Kier alpha value is -3.92. The van der Waals surface area contributed by atoms with Gasteiger partial charge >= 0.3 is 0 Å². The van der Waals surface area contributed by atoms with Crippen LogP contribution in [0.5, 0.6) is 11.5 Å². The maximum Gasteiger partial charge on any atom is 0.298 e. The van der Waals surface area contributed by atoms with Gasteiger partial charge in [-0.3, -0.25) is 4.79 Å². The standard InChI is InChI=1S/C21H21FN6O3/c1-24-17-9-13(3-5-19(17)31-11-29)27-21-25-10-15(22)20(28-21)26-12-2-4-18-14(8-12)16(23)6-7-30-18/h2-5,8-11,16,24H,6-7,23H2,1H3,(H2,25,26,27,28). The Morgan fingerprint density at radius 3 is 2.84 bits per heavy atom. The predicted molar refractivity (Wildman–Crippen MR) is 115 cm³/mol. The van der Waals surface area contributed by atoms with Crippen LogP contribution in [0.25, 0.3) is 0 Å². The van der Waals surface area contributed by atoms with Crippen LogP contribution in [0.4, 0.5) is 33.2 Å². The van der Waals surface area contributed by atoms with E-state index in [0.717, 1.165) is 23.9 Å². The lowest BCUT2D eigenvalue weighted by Crippen LogP contribution is -2.20. The first kappa shape index (κ1) is 20.4. The zero-order chi connectivity index (χ0) is 21.8. The number of carbonyl (C=O) groups is 1. The maximum absolute atomic E-state index is 14.3. The Kier molecular flexibility index (Phi) is 5.80. The van der Waals surface area contributed by atoms with Gasteiger partial charge in [-0.2, -0.15) is 4.98 Å². The fourth-order valence-corrected chi connectivity index (χ4v) is 3.24. The number of aromatic nitrogens is 2. The third-order valence-electron chi connectivity index (χ3n) is 4.78. The van der Waals surface area contributed by atoms with Crippen molar-refractivity contribution in [3.8, 4) is 11.5 Å². The van der Waals surface area contributed by atoms with Crippen molar-refractivity contribution in [2.75, 3.05) is 29.6 Å². The number of halogens is 1. The summed E-state index contributed by atoms with van der Waals surface area (Å²) in [6.07, 6.45) is 1.80. The van der Waals surface area contributed by atoms with Crippen molar-refractivity contribution in [1.29, 1.82) is 0 Å². The third kappa shape index (κ3) is 4.48. The summed E-state index contributed by atoms with van der Waals surface area (Å²) in [6.45, 7) is 0.929. The van der Waals surface area contributed by atoms with Crippen LogP contribution < -0.4 is 31.2 Å². The summed E-state index contributed by atoms with van der Waals surface area (Å²) >= 11 is 0. The minimum Gasteiger partial charge on any atom is -0.493 e.